The zero-order valence-electron chi connectivity index (χ0n) is 26.1. The van der Waals surface area contributed by atoms with E-state index in [0.29, 0.717) is 0 Å². The van der Waals surface area contributed by atoms with Crippen molar-refractivity contribution in [3.8, 4) is 0 Å². The van der Waals surface area contributed by atoms with Crippen LogP contribution in [0.1, 0.15) is 169 Å². The number of phosphoric acid groups is 1. The van der Waals surface area contributed by atoms with Crippen molar-refractivity contribution in [2.75, 3.05) is 24.6 Å². The maximum atomic E-state index is 11.8. The van der Waals surface area contributed by atoms with Gasteiger partial charge in [-0.3, -0.25) is 4.57 Å². The molecule has 0 N–H and O–H groups in total. The zero-order valence-corrected chi connectivity index (χ0v) is 27.9. The third-order valence-electron chi connectivity index (χ3n) is 8.60. The number of hydrogen-bond acceptors (Lipinski definition) is 4. The molecule has 0 aromatic heterocycles. The van der Waals surface area contributed by atoms with Gasteiger partial charge in [0.05, 0.1) is 36.9 Å². The summed E-state index contributed by atoms with van der Waals surface area (Å²) in [7, 11) is -4.69. The van der Waals surface area contributed by atoms with E-state index >= 15 is 0 Å². The highest BCUT2D eigenvalue weighted by molar-refractivity contribution is 7.75. The lowest BCUT2D eigenvalue weighted by molar-refractivity contribution is -0.235. The molecule has 4 nitrogen and oxygen atoms in total. The van der Waals surface area contributed by atoms with Gasteiger partial charge in [0.15, 0.2) is 0 Å². The van der Waals surface area contributed by atoms with Crippen LogP contribution in [0.25, 0.3) is 0 Å². The molecule has 2 saturated carbocycles. The minimum Gasteiger partial charge on any atom is -0.756 e. The monoisotopic (exact) mass is 576 g/mol. The van der Waals surface area contributed by atoms with Crippen LogP contribution in [0, 0.1) is 0 Å². The molecule has 0 saturated heterocycles. The van der Waals surface area contributed by atoms with Crippen molar-refractivity contribution < 1.29 is 18.5 Å². The molecule has 0 atom stereocenters. The van der Waals surface area contributed by atoms with E-state index in [1.807, 2.05) is 0 Å². The standard InChI is InChI=1S/C20H44P.C12H23O4P/c1-5-9-13-17-21(18-14-10-6-2,19-15-11-7-3)20-16-12-8-4;13-17(14,15-11-7-3-1-4-8-11)16-12-9-5-2-6-10-12/h5-20H2,1-4H3;11-12H,1-10H2,(H,13,14)/q+1;/p-1. The van der Waals surface area contributed by atoms with Crippen LogP contribution in [0.5, 0.6) is 0 Å². The van der Waals surface area contributed by atoms with Crippen LogP contribution >= 0.6 is 15.1 Å². The van der Waals surface area contributed by atoms with Gasteiger partial charge in [-0.15, -0.1) is 0 Å². The van der Waals surface area contributed by atoms with Crippen molar-refractivity contribution >= 4 is 15.1 Å². The molecular weight excluding hydrogens is 510 g/mol. The summed E-state index contributed by atoms with van der Waals surface area (Å²) in [6.45, 7) is 9.41. The number of rotatable bonds is 20. The van der Waals surface area contributed by atoms with Gasteiger partial charge in [-0.2, -0.15) is 0 Å². The first-order valence-corrected chi connectivity index (χ1v) is 20.9. The fourth-order valence-corrected chi connectivity index (χ4v) is 12.3. The van der Waals surface area contributed by atoms with Crippen molar-refractivity contribution in [3.05, 3.63) is 0 Å². The molecule has 0 amide bonds. The molecule has 2 rings (SSSR count). The van der Waals surface area contributed by atoms with Gasteiger partial charge in [0, 0.05) is 7.26 Å². The van der Waals surface area contributed by atoms with E-state index in [2.05, 4.69) is 27.7 Å². The van der Waals surface area contributed by atoms with Gasteiger partial charge in [-0.1, -0.05) is 118 Å². The molecule has 228 valence electrons. The lowest BCUT2D eigenvalue weighted by Gasteiger charge is -2.34. The summed E-state index contributed by atoms with van der Waals surface area (Å²) in [5, 5.41) is 0. The lowest BCUT2D eigenvalue weighted by atomic mass is 9.98. The van der Waals surface area contributed by atoms with Crippen molar-refractivity contribution in [1.29, 1.82) is 0 Å². The van der Waals surface area contributed by atoms with Crippen LogP contribution in [0.2, 0.25) is 0 Å². The second-order valence-electron chi connectivity index (χ2n) is 12.2. The maximum Gasteiger partial charge on any atom is 0.268 e. The third kappa shape index (κ3) is 18.1. The summed E-state index contributed by atoms with van der Waals surface area (Å²) >= 11 is 0. The summed E-state index contributed by atoms with van der Waals surface area (Å²) in [5.41, 5.74) is 0. The molecular formula is C32H66O4P2. The molecule has 2 aliphatic rings. The summed E-state index contributed by atoms with van der Waals surface area (Å²) in [5.74, 6) is 0. The van der Waals surface area contributed by atoms with Crippen molar-refractivity contribution in [3.63, 3.8) is 0 Å². The normalized spacial score (nSPS) is 17.8. The smallest absolute Gasteiger partial charge is 0.268 e. The minimum atomic E-state index is -4.08. The predicted octanol–water partition coefficient (Wildman–Crippen LogP) is 10.9. The fraction of sp³-hybridized carbons (Fsp3) is 1.00. The van der Waals surface area contributed by atoms with Gasteiger partial charge in [0.25, 0.3) is 7.82 Å². The molecule has 38 heavy (non-hydrogen) atoms. The van der Waals surface area contributed by atoms with Crippen LogP contribution in [-0.4, -0.2) is 36.9 Å². The highest BCUT2D eigenvalue weighted by atomic mass is 31.2. The first-order valence-electron chi connectivity index (χ1n) is 16.9. The second kappa shape index (κ2) is 23.1. The van der Waals surface area contributed by atoms with E-state index in [0.717, 1.165) is 51.4 Å². The Morgan fingerprint density at radius 1 is 0.553 bits per heavy atom. The average Bonchev–Trinajstić information content (AvgIpc) is 2.90. The number of hydrogen-bond donors (Lipinski definition) is 0. The molecule has 0 aromatic rings. The van der Waals surface area contributed by atoms with Crippen LogP contribution in [0.4, 0.5) is 0 Å². The quantitative estimate of drug-likeness (QED) is 0.107. The Hall–Kier alpha value is 0.540. The van der Waals surface area contributed by atoms with Gasteiger partial charge in [-0.05, 0) is 51.4 Å². The summed E-state index contributed by atoms with van der Waals surface area (Å²) in [4.78, 5) is 11.8. The summed E-state index contributed by atoms with van der Waals surface area (Å²) < 4.78 is 22.1. The third-order valence-corrected chi connectivity index (χ3v) is 14.8. The van der Waals surface area contributed by atoms with E-state index in [1.54, 1.807) is 24.6 Å². The Kier molecular flexibility index (Phi) is 22.3. The molecule has 0 aliphatic heterocycles. The highest BCUT2D eigenvalue weighted by Crippen LogP contribution is 2.61. The van der Waals surface area contributed by atoms with E-state index in [4.69, 9.17) is 9.05 Å². The van der Waals surface area contributed by atoms with Crippen molar-refractivity contribution in [2.24, 2.45) is 0 Å². The Morgan fingerprint density at radius 2 is 0.842 bits per heavy atom. The molecule has 6 heteroatoms. The Bertz CT molecular complexity index is 504. The molecule has 0 spiro atoms. The van der Waals surface area contributed by atoms with Crippen LogP contribution in [0.15, 0.2) is 0 Å². The van der Waals surface area contributed by atoms with Gasteiger partial charge >= 0.3 is 0 Å². The van der Waals surface area contributed by atoms with Crippen molar-refractivity contribution in [2.45, 2.75) is 181 Å². The van der Waals surface area contributed by atoms with Gasteiger partial charge in [0.2, 0.25) is 0 Å². The molecule has 2 fully saturated rings. The molecule has 0 aromatic carbocycles. The fourth-order valence-electron chi connectivity index (χ4n) is 6.19. The molecule has 0 unspecified atom stereocenters. The lowest BCUT2D eigenvalue weighted by Crippen LogP contribution is -2.24. The van der Waals surface area contributed by atoms with E-state index in [-0.39, 0.29) is 12.2 Å². The molecule has 0 bridgehead atoms. The van der Waals surface area contributed by atoms with E-state index in [1.165, 1.54) is 89.9 Å². The number of unbranched alkanes of at least 4 members (excludes halogenated alkanes) is 8. The molecule has 2 aliphatic carbocycles. The SMILES string of the molecule is CCCCC[P+](CCCCC)(CCCCC)CCCCC.O=P([O-])(OC1CCCCC1)OC1CCCCC1. The first-order chi connectivity index (χ1) is 18.4. The summed E-state index contributed by atoms with van der Waals surface area (Å²) in [6, 6.07) is 0. The largest absolute Gasteiger partial charge is 0.756 e. The van der Waals surface area contributed by atoms with E-state index < -0.39 is 15.1 Å². The molecule has 0 heterocycles. The average molecular weight is 577 g/mol. The Morgan fingerprint density at radius 3 is 1.11 bits per heavy atom. The van der Waals surface area contributed by atoms with Crippen LogP contribution < -0.4 is 4.89 Å². The van der Waals surface area contributed by atoms with Gasteiger partial charge in [0.1, 0.15) is 0 Å². The van der Waals surface area contributed by atoms with E-state index in [9.17, 15) is 9.46 Å². The first kappa shape index (κ1) is 36.6. The minimum absolute atomic E-state index is 0.143. The highest BCUT2D eigenvalue weighted by Gasteiger charge is 2.34. The summed E-state index contributed by atoms with van der Waals surface area (Å²) in [6.07, 6.45) is 33.7. The zero-order chi connectivity index (χ0) is 28.0. The molecule has 0 radical (unpaired) electrons. The second-order valence-corrected chi connectivity index (χ2v) is 18.0. The number of phosphoric ester groups is 1. The van der Waals surface area contributed by atoms with Crippen molar-refractivity contribution in [1.82, 2.24) is 0 Å². The maximum absolute atomic E-state index is 11.8. The Labute approximate surface area is 239 Å². The Balaban J connectivity index is 0.000000386. The predicted molar refractivity (Wildman–Crippen MR) is 168 cm³/mol. The van der Waals surface area contributed by atoms with Gasteiger partial charge < -0.3 is 13.9 Å². The van der Waals surface area contributed by atoms with Crippen LogP contribution in [0.3, 0.4) is 0 Å². The van der Waals surface area contributed by atoms with Crippen LogP contribution in [-0.2, 0) is 13.6 Å². The topological polar surface area (TPSA) is 58.6 Å². The van der Waals surface area contributed by atoms with Gasteiger partial charge in [-0.25, -0.2) is 0 Å².